The average Bonchev–Trinajstić information content (AvgIpc) is 3.26. The van der Waals surface area contributed by atoms with Crippen LogP contribution >= 0.6 is 0 Å². The molecule has 0 radical (unpaired) electrons. The van der Waals surface area contributed by atoms with E-state index in [4.69, 9.17) is 20.7 Å². The highest BCUT2D eigenvalue weighted by Crippen LogP contribution is 2.39. The second kappa shape index (κ2) is 11.9. The molecule has 0 spiro atoms. The maximum atomic E-state index is 14.6. The highest BCUT2D eigenvalue weighted by Gasteiger charge is 2.39. The Morgan fingerprint density at radius 1 is 1.19 bits per heavy atom. The van der Waals surface area contributed by atoms with E-state index in [1.165, 1.54) is 12.0 Å². The molecule has 1 heterocycles. The van der Waals surface area contributed by atoms with Crippen molar-refractivity contribution >= 4 is 5.91 Å². The third-order valence-electron chi connectivity index (χ3n) is 5.93. The van der Waals surface area contributed by atoms with Crippen LogP contribution in [0.3, 0.4) is 0 Å². The average molecular weight is 492 g/mol. The van der Waals surface area contributed by atoms with Gasteiger partial charge in [0.05, 0.1) is 29.9 Å². The summed E-state index contributed by atoms with van der Waals surface area (Å²) in [5.74, 6) is 0.307. The minimum atomic E-state index is -1.38. The van der Waals surface area contributed by atoms with Crippen LogP contribution in [0, 0.1) is 16.7 Å². The number of hydrogen-bond acceptors (Lipinski definition) is 5. The molecule has 0 aliphatic carbocycles. The first-order valence-electron chi connectivity index (χ1n) is 11.9. The van der Waals surface area contributed by atoms with Gasteiger partial charge in [0.15, 0.2) is 0 Å². The summed E-state index contributed by atoms with van der Waals surface area (Å²) in [6, 6.07) is 18.7. The number of nitriles is 1. The zero-order valence-electron chi connectivity index (χ0n) is 21.3. The molecule has 36 heavy (non-hydrogen) atoms. The van der Waals surface area contributed by atoms with Crippen LogP contribution in [0.15, 0.2) is 60.8 Å². The molecular weight excluding hydrogens is 457 g/mol. The minimum absolute atomic E-state index is 0.162. The quantitative estimate of drug-likeness (QED) is 0.455. The molecule has 2 atom stereocenters. The molecule has 1 aromatic heterocycles. The number of nitrogens with zero attached hydrogens (tertiary/aromatic N) is 4. The Bertz CT molecular complexity index is 1180. The third-order valence-corrected chi connectivity index (χ3v) is 5.93. The predicted octanol–water partition coefficient (Wildman–Crippen LogP) is 4.33. The molecule has 0 fully saturated rings. The topological polar surface area (TPSA) is 97.2 Å². The Kier molecular flexibility index (Phi) is 8.97. The highest BCUT2D eigenvalue weighted by molar-refractivity contribution is 5.78. The van der Waals surface area contributed by atoms with Gasteiger partial charge in [-0.05, 0) is 23.1 Å². The van der Waals surface area contributed by atoms with Crippen LogP contribution in [0.25, 0.3) is 11.3 Å². The Morgan fingerprint density at radius 3 is 2.42 bits per heavy atom. The van der Waals surface area contributed by atoms with E-state index in [-0.39, 0.29) is 25.6 Å². The SMILES string of the molecule is COCC(=O)N(CC(F)CN)C(c1nc(-c2ccc(C#N)cc2)cn1Cc1ccccc1)C(C)(C)C. The summed E-state index contributed by atoms with van der Waals surface area (Å²) in [6.07, 6.45) is 0.559. The van der Waals surface area contributed by atoms with Crippen molar-refractivity contribution in [1.82, 2.24) is 14.5 Å². The van der Waals surface area contributed by atoms with E-state index >= 15 is 0 Å². The normalized spacial score (nSPS) is 13.1. The number of carbonyl (C=O) groups excluding carboxylic acids is 1. The summed E-state index contributed by atoms with van der Waals surface area (Å²) in [4.78, 5) is 19.7. The number of ether oxygens (including phenoxy) is 1. The lowest BCUT2D eigenvalue weighted by molar-refractivity contribution is -0.141. The van der Waals surface area contributed by atoms with E-state index in [1.54, 1.807) is 12.1 Å². The minimum Gasteiger partial charge on any atom is -0.375 e. The number of aromatic nitrogens is 2. The van der Waals surface area contributed by atoms with Crippen LogP contribution in [0.2, 0.25) is 0 Å². The van der Waals surface area contributed by atoms with E-state index in [0.29, 0.717) is 23.6 Å². The fourth-order valence-electron chi connectivity index (χ4n) is 4.25. The maximum absolute atomic E-state index is 14.6. The number of methoxy groups -OCH3 is 1. The van der Waals surface area contributed by atoms with E-state index in [9.17, 15) is 9.18 Å². The highest BCUT2D eigenvalue weighted by atomic mass is 19.1. The van der Waals surface area contributed by atoms with Gasteiger partial charge in [-0.3, -0.25) is 4.79 Å². The first-order chi connectivity index (χ1) is 17.2. The van der Waals surface area contributed by atoms with E-state index in [0.717, 1.165) is 11.1 Å². The van der Waals surface area contributed by atoms with Crippen molar-refractivity contribution in [1.29, 1.82) is 5.26 Å². The number of halogens is 1. The van der Waals surface area contributed by atoms with E-state index in [2.05, 4.69) is 6.07 Å². The van der Waals surface area contributed by atoms with Crippen molar-refractivity contribution in [3.63, 3.8) is 0 Å². The Morgan fingerprint density at radius 2 is 1.86 bits per heavy atom. The van der Waals surface area contributed by atoms with Crippen molar-refractivity contribution in [3.8, 4) is 17.3 Å². The summed E-state index contributed by atoms with van der Waals surface area (Å²) < 4.78 is 21.8. The number of nitrogens with two attached hydrogens (primary N) is 1. The predicted molar refractivity (Wildman–Crippen MR) is 138 cm³/mol. The molecule has 0 saturated heterocycles. The van der Waals surface area contributed by atoms with Gasteiger partial charge in [0.25, 0.3) is 0 Å². The van der Waals surface area contributed by atoms with Gasteiger partial charge in [-0.15, -0.1) is 0 Å². The molecule has 3 rings (SSSR count). The van der Waals surface area contributed by atoms with Gasteiger partial charge < -0.3 is 19.9 Å². The Hall–Kier alpha value is -3.54. The van der Waals surface area contributed by atoms with Crippen LogP contribution in [0.1, 0.15) is 43.8 Å². The van der Waals surface area contributed by atoms with Gasteiger partial charge in [0.1, 0.15) is 18.6 Å². The molecule has 190 valence electrons. The summed E-state index contributed by atoms with van der Waals surface area (Å²) in [5, 5.41) is 9.17. The standard InChI is InChI=1S/C28H34FN5O2/c1-28(2,3)26(34(17-23(29)15-31)25(35)19-36-4)27-32-24(22-12-10-20(14-30)11-13-22)18-33(27)16-21-8-6-5-7-9-21/h5-13,18,23,26H,15-17,19,31H2,1-4H3. The molecule has 0 aliphatic heterocycles. The molecule has 0 saturated carbocycles. The molecular formula is C28H34FN5O2. The van der Waals surface area contributed by atoms with E-state index in [1.807, 2.05) is 74.0 Å². The van der Waals surface area contributed by atoms with E-state index < -0.39 is 17.6 Å². The summed E-state index contributed by atoms with van der Waals surface area (Å²) in [6.45, 7) is 6.00. The maximum Gasteiger partial charge on any atom is 0.249 e. The van der Waals surface area contributed by atoms with Gasteiger partial charge in [0, 0.05) is 32.0 Å². The number of imidazole rings is 1. The first-order valence-corrected chi connectivity index (χ1v) is 11.9. The van der Waals surface area contributed by atoms with Crippen molar-refractivity contribution in [2.75, 3.05) is 26.8 Å². The molecule has 7 nitrogen and oxygen atoms in total. The molecule has 2 N–H and O–H groups in total. The number of benzene rings is 2. The first kappa shape index (κ1) is 27.1. The van der Waals surface area contributed by atoms with Gasteiger partial charge in [0.2, 0.25) is 5.91 Å². The van der Waals surface area contributed by atoms with Gasteiger partial charge >= 0.3 is 0 Å². The Balaban J connectivity index is 2.18. The number of alkyl halides is 1. The summed E-state index contributed by atoms with van der Waals surface area (Å²) in [7, 11) is 1.44. The molecule has 3 aromatic rings. The lowest BCUT2D eigenvalue weighted by atomic mass is 9.84. The lowest BCUT2D eigenvalue weighted by Crippen LogP contribution is -2.47. The molecule has 0 bridgehead atoms. The fraction of sp³-hybridized carbons (Fsp3) is 0.393. The van der Waals surface area contributed by atoms with Crippen molar-refractivity contribution in [2.24, 2.45) is 11.1 Å². The van der Waals surface area contributed by atoms with Gasteiger partial charge in [-0.1, -0.05) is 63.2 Å². The zero-order valence-corrected chi connectivity index (χ0v) is 21.3. The third kappa shape index (κ3) is 6.56. The number of hydrogen-bond donors (Lipinski definition) is 1. The zero-order chi connectivity index (χ0) is 26.3. The van der Waals surface area contributed by atoms with Crippen LogP contribution in [-0.4, -0.2) is 53.3 Å². The number of carbonyl (C=O) groups is 1. The number of amides is 1. The van der Waals surface area contributed by atoms with Gasteiger partial charge in [-0.2, -0.15) is 5.26 Å². The molecule has 2 aromatic carbocycles. The van der Waals surface area contributed by atoms with Crippen LogP contribution in [-0.2, 0) is 16.1 Å². The van der Waals surface area contributed by atoms with Gasteiger partial charge in [-0.25, -0.2) is 9.37 Å². The molecule has 1 amide bonds. The lowest BCUT2D eigenvalue weighted by Gasteiger charge is -2.40. The fourth-order valence-corrected chi connectivity index (χ4v) is 4.25. The van der Waals surface area contributed by atoms with Crippen LogP contribution in [0.5, 0.6) is 0 Å². The summed E-state index contributed by atoms with van der Waals surface area (Å²) in [5.41, 5.74) is 8.27. The summed E-state index contributed by atoms with van der Waals surface area (Å²) >= 11 is 0. The van der Waals surface area contributed by atoms with Crippen molar-refractivity contribution in [3.05, 3.63) is 77.7 Å². The van der Waals surface area contributed by atoms with Crippen LogP contribution < -0.4 is 5.73 Å². The number of rotatable bonds is 10. The molecule has 2 unspecified atom stereocenters. The monoisotopic (exact) mass is 491 g/mol. The van der Waals surface area contributed by atoms with Crippen molar-refractivity contribution < 1.29 is 13.9 Å². The second-order valence-electron chi connectivity index (χ2n) is 9.87. The Labute approximate surface area is 212 Å². The van der Waals surface area contributed by atoms with Crippen LogP contribution in [0.4, 0.5) is 4.39 Å². The molecule has 8 heteroatoms. The smallest absolute Gasteiger partial charge is 0.249 e. The second-order valence-corrected chi connectivity index (χ2v) is 9.87. The molecule has 0 aliphatic rings. The van der Waals surface area contributed by atoms with Crippen molar-refractivity contribution in [2.45, 2.75) is 39.5 Å². The largest absolute Gasteiger partial charge is 0.375 e.